The number of H-pyrrole nitrogens is 1. The van der Waals surface area contributed by atoms with Crippen LogP contribution in [0.25, 0.3) is 10.9 Å². The van der Waals surface area contributed by atoms with Crippen LogP contribution in [0.15, 0.2) is 79.3 Å². The minimum Gasteiger partial charge on any atom is -0.497 e. The maximum absolute atomic E-state index is 14.1. The second-order valence-corrected chi connectivity index (χ2v) is 9.94. The average molecular weight is 511 g/mol. The van der Waals surface area contributed by atoms with Gasteiger partial charge < -0.3 is 19.9 Å². The summed E-state index contributed by atoms with van der Waals surface area (Å²) in [4.78, 5) is 37.3. The Morgan fingerprint density at radius 1 is 1.08 bits per heavy atom. The minimum absolute atomic E-state index is 0.123. The van der Waals surface area contributed by atoms with Gasteiger partial charge in [0.2, 0.25) is 11.8 Å². The Labute approximate surface area is 223 Å². The number of pyridine rings is 1. The smallest absolute Gasteiger partial charge is 0.247 e. The fraction of sp³-hybridized carbons (Fsp3) is 0.323. The number of fused-ring (bicyclic) bond motifs is 1. The van der Waals surface area contributed by atoms with E-state index in [1.54, 1.807) is 24.4 Å². The Kier molecular flexibility index (Phi) is 8.02. The van der Waals surface area contributed by atoms with Crippen LogP contribution in [0.5, 0.6) is 5.75 Å². The highest BCUT2D eigenvalue weighted by atomic mass is 16.5. The highest BCUT2D eigenvalue weighted by Crippen LogP contribution is 2.28. The van der Waals surface area contributed by atoms with Gasteiger partial charge in [0.05, 0.1) is 13.5 Å². The number of hydrogen-bond donors (Lipinski definition) is 2. The lowest BCUT2D eigenvalue weighted by Gasteiger charge is -2.33. The maximum atomic E-state index is 14.1. The number of nitrogens with zero attached hydrogens (tertiary/aromatic N) is 2. The van der Waals surface area contributed by atoms with Crippen LogP contribution in [0.2, 0.25) is 0 Å². The molecule has 0 spiro atoms. The first-order chi connectivity index (χ1) is 18.6. The molecule has 2 amide bonds. The van der Waals surface area contributed by atoms with E-state index in [2.05, 4.69) is 15.3 Å². The number of aromatic amines is 1. The summed E-state index contributed by atoms with van der Waals surface area (Å²) in [6.07, 6.45) is 10.8. The number of para-hydroxylation sites is 1. The van der Waals surface area contributed by atoms with E-state index in [1.165, 1.54) is 6.42 Å². The zero-order chi connectivity index (χ0) is 26.3. The molecule has 0 radical (unpaired) electrons. The van der Waals surface area contributed by atoms with Crippen LogP contribution in [-0.4, -0.2) is 39.8 Å². The summed E-state index contributed by atoms with van der Waals surface area (Å²) in [6, 6.07) is 18.6. The summed E-state index contributed by atoms with van der Waals surface area (Å²) in [7, 11) is 1.62. The van der Waals surface area contributed by atoms with Gasteiger partial charge in [-0.3, -0.25) is 14.6 Å². The Morgan fingerprint density at radius 3 is 2.71 bits per heavy atom. The van der Waals surface area contributed by atoms with E-state index in [-0.39, 0.29) is 30.8 Å². The van der Waals surface area contributed by atoms with Crippen LogP contribution >= 0.6 is 0 Å². The normalized spacial score (nSPS) is 14.7. The SMILES string of the molecule is COc1cccc(CN(C(=O)Cc2c[nH]c3ccccc23)C(C(=O)NC2CCCCC2)c2cccnc2)c1. The zero-order valence-electron chi connectivity index (χ0n) is 21.7. The van der Waals surface area contributed by atoms with Gasteiger partial charge in [0, 0.05) is 47.6 Å². The van der Waals surface area contributed by atoms with Crippen molar-refractivity contribution in [1.82, 2.24) is 20.2 Å². The van der Waals surface area contributed by atoms with Gasteiger partial charge in [-0.05, 0) is 48.2 Å². The van der Waals surface area contributed by atoms with Gasteiger partial charge in [-0.15, -0.1) is 0 Å². The molecule has 1 saturated carbocycles. The topological polar surface area (TPSA) is 87.3 Å². The Bertz CT molecular complexity index is 1380. The van der Waals surface area contributed by atoms with Crippen molar-refractivity contribution >= 4 is 22.7 Å². The molecule has 2 N–H and O–H groups in total. The highest BCUT2D eigenvalue weighted by Gasteiger charge is 2.33. The van der Waals surface area contributed by atoms with Crippen LogP contribution in [0.3, 0.4) is 0 Å². The fourth-order valence-electron chi connectivity index (χ4n) is 5.37. The summed E-state index contributed by atoms with van der Waals surface area (Å²) < 4.78 is 5.43. The van der Waals surface area contributed by atoms with Gasteiger partial charge >= 0.3 is 0 Å². The van der Waals surface area contributed by atoms with Gasteiger partial charge in [-0.1, -0.05) is 55.7 Å². The predicted molar refractivity (Wildman–Crippen MR) is 148 cm³/mol. The lowest BCUT2D eigenvalue weighted by atomic mass is 9.94. The number of carbonyl (C=O) groups is 2. The molecule has 1 aliphatic rings. The quantitative estimate of drug-likeness (QED) is 0.319. The Morgan fingerprint density at radius 2 is 1.92 bits per heavy atom. The summed E-state index contributed by atoms with van der Waals surface area (Å²) >= 11 is 0. The van der Waals surface area contributed by atoms with Crippen molar-refractivity contribution in [1.29, 1.82) is 0 Å². The molecule has 4 aromatic rings. The molecule has 0 bridgehead atoms. The molecule has 7 heteroatoms. The number of aromatic nitrogens is 2. The van der Waals surface area contributed by atoms with Gasteiger partial charge in [0.1, 0.15) is 11.8 Å². The molecule has 2 aromatic carbocycles. The Balaban J connectivity index is 1.51. The van der Waals surface area contributed by atoms with Crippen molar-refractivity contribution in [3.05, 3.63) is 95.9 Å². The first kappa shape index (κ1) is 25.5. The largest absolute Gasteiger partial charge is 0.497 e. The van der Waals surface area contributed by atoms with E-state index in [4.69, 9.17) is 4.74 Å². The third-order valence-corrected chi connectivity index (χ3v) is 7.34. The van der Waals surface area contributed by atoms with E-state index in [1.807, 2.05) is 66.9 Å². The van der Waals surface area contributed by atoms with E-state index >= 15 is 0 Å². The van der Waals surface area contributed by atoms with Gasteiger partial charge in [0.25, 0.3) is 0 Å². The second-order valence-electron chi connectivity index (χ2n) is 9.94. The number of amides is 2. The van der Waals surface area contributed by atoms with Gasteiger partial charge in [-0.2, -0.15) is 0 Å². The molecular formula is C31H34N4O3. The average Bonchev–Trinajstić information content (AvgIpc) is 3.36. The lowest BCUT2D eigenvalue weighted by Crippen LogP contribution is -2.47. The van der Waals surface area contributed by atoms with Gasteiger partial charge in [-0.25, -0.2) is 0 Å². The predicted octanol–water partition coefficient (Wildman–Crippen LogP) is 5.33. The van der Waals surface area contributed by atoms with E-state index < -0.39 is 6.04 Å². The minimum atomic E-state index is -0.811. The van der Waals surface area contributed by atoms with Crippen LogP contribution in [0.4, 0.5) is 0 Å². The van der Waals surface area contributed by atoms with Crippen LogP contribution in [0.1, 0.15) is 54.8 Å². The number of methoxy groups -OCH3 is 1. The van der Waals surface area contributed by atoms with E-state index in [0.717, 1.165) is 47.7 Å². The molecule has 1 unspecified atom stereocenters. The summed E-state index contributed by atoms with van der Waals surface area (Å²) in [6.45, 7) is 0.260. The molecule has 2 heterocycles. The summed E-state index contributed by atoms with van der Waals surface area (Å²) in [5.41, 5.74) is 3.46. The van der Waals surface area contributed by atoms with Crippen LogP contribution < -0.4 is 10.1 Å². The van der Waals surface area contributed by atoms with Crippen molar-refractivity contribution in [2.24, 2.45) is 0 Å². The van der Waals surface area contributed by atoms with Crippen LogP contribution in [-0.2, 0) is 22.6 Å². The van der Waals surface area contributed by atoms with Crippen molar-refractivity contribution in [3.8, 4) is 5.75 Å². The molecule has 0 aliphatic heterocycles. The zero-order valence-corrected chi connectivity index (χ0v) is 21.7. The highest BCUT2D eigenvalue weighted by molar-refractivity contribution is 5.92. The van der Waals surface area contributed by atoms with Crippen molar-refractivity contribution < 1.29 is 14.3 Å². The number of nitrogens with one attached hydrogen (secondary N) is 2. The number of hydrogen-bond acceptors (Lipinski definition) is 4. The molecule has 1 aliphatic carbocycles. The first-order valence-electron chi connectivity index (χ1n) is 13.3. The third kappa shape index (κ3) is 5.88. The van der Waals surface area contributed by atoms with Crippen molar-refractivity contribution in [2.75, 3.05) is 7.11 Å². The molecule has 196 valence electrons. The van der Waals surface area contributed by atoms with Crippen molar-refractivity contribution in [3.63, 3.8) is 0 Å². The molecule has 7 nitrogen and oxygen atoms in total. The monoisotopic (exact) mass is 510 g/mol. The lowest BCUT2D eigenvalue weighted by molar-refractivity contribution is -0.141. The van der Waals surface area contributed by atoms with Crippen LogP contribution in [0, 0.1) is 0 Å². The summed E-state index contributed by atoms with van der Waals surface area (Å²) in [5, 5.41) is 4.26. The number of rotatable bonds is 9. The fourth-order valence-corrected chi connectivity index (χ4v) is 5.37. The molecule has 0 saturated heterocycles. The third-order valence-electron chi connectivity index (χ3n) is 7.34. The number of ether oxygens (including phenoxy) is 1. The second kappa shape index (κ2) is 11.9. The molecule has 5 rings (SSSR count). The summed E-state index contributed by atoms with van der Waals surface area (Å²) in [5.74, 6) is 0.404. The molecule has 2 aromatic heterocycles. The molecular weight excluding hydrogens is 476 g/mol. The molecule has 1 atom stereocenters. The Hall–Kier alpha value is -4.13. The number of carbonyl (C=O) groups excluding carboxylic acids is 2. The van der Waals surface area contributed by atoms with E-state index in [9.17, 15) is 9.59 Å². The van der Waals surface area contributed by atoms with E-state index in [0.29, 0.717) is 11.3 Å². The number of benzene rings is 2. The van der Waals surface area contributed by atoms with Gasteiger partial charge in [0.15, 0.2) is 0 Å². The maximum Gasteiger partial charge on any atom is 0.247 e. The van der Waals surface area contributed by atoms with Crippen molar-refractivity contribution in [2.45, 2.75) is 57.2 Å². The first-order valence-corrected chi connectivity index (χ1v) is 13.3. The molecule has 38 heavy (non-hydrogen) atoms. The molecule has 1 fully saturated rings. The standard InChI is InChI=1S/C31H34N4O3/c1-38-26-13-7-9-22(17-26)21-35(29(36)18-24-20-33-28-15-6-5-14-27(24)28)30(23-10-8-16-32-19-23)31(37)34-25-11-3-2-4-12-25/h5-10,13-17,19-20,25,30,33H,2-4,11-12,18,21H2,1H3,(H,34,37).